The van der Waals surface area contributed by atoms with E-state index in [0.29, 0.717) is 30.3 Å². The number of carbonyl (C=O) groups is 2. The van der Waals surface area contributed by atoms with E-state index >= 15 is 0 Å². The molecule has 0 aliphatic heterocycles. The van der Waals surface area contributed by atoms with Gasteiger partial charge in [0.1, 0.15) is 0 Å². The number of nitrogens with zero attached hydrogens (tertiary/aromatic N) is 1. The molecule has 2 rings (SSSR count). The van der Waals surface area contributed by atoms with Gasteiger partial charge in [-0.1, -0.05) is 26.0 Å². The van der Waals surface area contributed by atoms with Crippen LogP contribution in [0.3, 0.4) is 0 Å². The third-order valence-electron chi connectivity index (χ3n) is 4.50. The first-order valence-corrected chi connectivity index (χ1v) is 9.47. The monoisotopic (exact) mass is 367 g/mol. The zero-order valence-electron chi connectivity index (χ0n) is 16.6. The molecule has 0 saturated heterocycles. The molecule has 0 atom stereocenters. The zero-order valence-corrected chi connectivity index (χ0v) is 16.6. The summed E-state index contributed by atoms with van der Waals surface area (Å²) in [6.45, 7) is 9.75. The number of amides is 2. The predicted octanol–water partition coefficient (Wildman–Crippen LogP) is 4.34. The predicted molar refractivity (Wildman–Crippen MR) is 111 cm³/mol. The summed E-state index contributed by atoms with van der Waals surface area (Å²) in [7, 11) is 0. The molecule has 0 aliphatic rings. The molecular formula is C22H29N3O2. The van der Waals surface area contributed by atoms with E-state index in [1.54, 1.807) is 29.2 Å². The normalized spacial score (nSPS) is 10.6. The second-order valence-electron chi connectivity index (χ2n) is 6.73. The van der Waals surface area contributed by atoms with Crippen LogP contribution in [0.25, 0.3) is 0 Å². The lowest BCUT2D eigenvalue weighted by Crippen LogP contribution is -2.30. The summed E-state index contributed by atoms with van der Waals surface area (Å²) < 4.78 is 0. The molecule has 2 aromatic carbocycles. The maximum absolute atomic E-state index is 12.3. The fourth-order valence-electron chi connectivity index (χ4n) is 2.76. The van der Waals surface area contributed by atoms with Crippen LogP contribution in [0.5, 0.6) is 0 Å². The Morgan fingerprint density at radius 1 is 0.889 bits per heavy atom. The molecule has 144 valence electrons. The highest BCUT2D eigenvalue weighted by atomic mass is 16.2. The van der Waals surface area contributed by atoms with Crippen molar-refractivity contribution in [3.63, 3.8) is 0 Å². The summed E-state index contributed by atoms with van der Waals surface area (Å²) in [6.07, 6.45) is 0. The Morgan fingerprint density at radius 3 is 1.96 bits per heavy atom. The summed E-state index contributed by atoms with van der Waals surface area (Å²) in [5, 5.41) is 5.96. The Morgan fingerprint density at radius 2 is 1.44 bits per heavy atom. The van der Waals surface area contributed by atoms with Gasteiger partial charge in [-0.25, -0.2) is 0 Å². The Labute approximate surface area is 161 Å². The third-order valence-corrected chi connectivity index (χ3v) is 4.50. The molecule has 0 spiro atoms. The fourth-order valence-corrected chi connectivity index (χ4v) is 2.76. The smallest absolute Gasteiger partial charge is 0.253 e. The highest BCUT2D eigenvalue weighted by Gasteiger charge is 2.12. The maximum Gasteiger partial charge on any atom is 0.253 e. The fraction of sp³-hybridized carbons (Fsp3) is 0.364. The van der Waals surface area contributed by atoms with Gasteiger partial charge in [0.2, 0.25) is 5.91 Å². The minimum absolute atomic E-state index is 0.00406. The van der Waals surface area contributed by atoms with Crippen LogP contribution >= 0.6 is 0 Å². The van der Waals surface area contributed by atoms with Crippen LogP contribution in [0.2, 0.25) is 0 Å². The van der Waals surface area contributed by atoms with Gasteiger partial charge in [-0.3, -0.25) is 9.59 Å². The lowest BCUT2D eigenvalue weighted by Gasteiger charge is -2.18. The van der Waals surface area contributed by atoms with E-state index in [9.17, 15) is 9.59 Å². The number of carbonyl (C=O) groups excluding carboxylic acids is 2. The van der Waals surface area contributed by atoms with Crippen molar-refractivity contribution in [3.05, 3.63) is 59.7 Å². The number of hydrogen-bond acceptors (Lipinski definition) is 3. The van der Waals surface area contributed by atoms with Crippen LogP contribution < -0.4 is 10.6 Å². The number of anilines is 2. The van der Waals surface area contributed by atoms with Crippen molar-refractivity contribution in [3.8, 4) is 0 Å². The summed E-state index contributed by atoms with van der Waals surface area (Å²) in [5.74, 6) is 0.356. The molecule has 0 saturated carbocycles. The van der Waals surface area contributed by atoms with Gasteiger partial charge in [-0.2, -0.15) is 0 Å². The van der Waals surface area contributed by atoms with Gasteiger partial charge < -0.3 is 15.5 Å². The standard InChI is InChI=1S/C22H29N3O2/c1-5-25(6-2)22(27)18-9-13-20(14-10-18)24-21(26)15-23-19-11-7-17(8-12-19)16(3)4/h7-14,16,23H,5-6,15H2,1-4H3,(H,24,26). The van der Waals surface area contributed by atoms with Gasteiger partial charge in [0.15, 0.2) is 0 Å². The number of hydrogen-bond donors (Lipinski definition) is 2. The Hall–Kier alpha value is -2.82. The Bertz CT molecular complexity index is 748. The second-order valence-corrected chi connectivity index (χ2v) is 6.73. The van der Waals surface area contributed by atoms with Crippen LogP contribution in [-0.2, 0) is 4.79 Å². The van der Waals surface area contributed by atoms with Gasteiger partial charge >= 0.3 is 0 Å². The van der Waals surface area contributed by atoms with Crippen LogP contribution in [0.1, 0.15) is 49.5 Å². The minimum atomic E-state index is -0.134. The highest BCUT2D eigenvalue weighted by molar-refractivity contribution is 5.96. The van der Waals surface area contributed by atoms with E-state index in [0.717, 1.165) is 5.69 Å². The Balaban J connectivity index is 1.87. The van der Waals surface area contributed by atoms with E-state index in [-0.39, 0.29) is 18.4 Å². The average molecular weight is 367 g/mol. The topological polar surface area (TPSA) is 61.4 Å². The molecule has 0 radical (unpaired) electrons. The summed E-state index contributed by atoms with van der Waals surface area (Å²) in [5.41, 5.74) is 3.48. The molecule has 0 fully saturated rings. The van der Waals surface area contributed by atoms with E-state index in [4.69, 9.17) is 0 Å². The molecule has 5 nitrogen and oxygen atoms in total. The molecule has 0 aromatic heterocycles. The van der Waals surface area contributed by atoms with Crippen molar-refractivity contribution in [1.29, 1.82) is 0 Å². The Kier molecular flexibility index (Phi) is 7.41. The molecule has 0 heterocycles. The summed E-state index contributed by atoms with van der Waals surface area (Å²) in [4.78, 5) is 26.2. The average Bonchev–Trinajstić information content (AvgIpc) is 2.68. The molecule has 0 bridgehead atoms. The quantitative estimate of drug-likeness (QED) is 0.729. The molecule has 2 amide bonds. The van der Waals surface area contributed by atoms with Gasteiger partial charge in [-0.15, -0.1) is 0 Å². The van der Waals surface area contributed by atoms with Crippen molar-refractivity contribution in [1.82, 2.24) is 4.90 Å². The third kappa shape index (κ3) is 5.84. The first kappa shape index (κ1) is 20.5. The first-order chi connectivity index (χ1) is 12.9. The molecule has 2 aromatic rings. The molecule has 2 N–H and O–H groups in total. The molecule has 27 heavy (non-hydrogen) atoms. The van der Waals surface area contributed by atoms with E-state index in [1.807, 2.05) is 26.0 Å². The van der Waals surface area contributed by atoms with Crippen LogP contribution in [0.15, 0.2) is 48.5 Å². The lowest BCUT2D eigenvalue weighted by molar-refractivity contribution is -0.114. The number of rotatable bonds is 8. The van der Waals surface area contributed by atoms with Crippen molar-refractivity contribution >= 4 is 23.2 Å². The van der Waals surface area contributed by atoms with E-state index in [1.165, 1.54) is 5.56 Å². The van der Waals surface area contributed by atoms with Gasteiger partial charge in [0, 0.05) is 30.0 Å². The highest BCUT2D eigenvalue weighted by Crippen LogP contribution is 2.17. The SMILES string of the molecule is CCN(CC)C(=O)c1ccc(NC(=O)CNc2ccc(C(C)C)cc2)cc1. The van der Waals surface area contributed by atoms with Crippen molar-refractivity contribution in [2.75, 3.05) is 30.3 Å². The van der Waals surface area contributed by atoms with Crippen LogP contribution in [0.4, 0.5) is 11.4 Å². The molecule has 0 unspecified atom stereocenters. The lowest BCUT2D eigenvalue weighted by atomic mass is 10.0. The summed E-state index contributed by atoms with van der Waals surface area (Å²) in [6, 6.07) is 15.1. The minimum Gasteiger partial charge on any atom is -0.376 e. The van der Waals surface area contributed by atoms with E-state index in [2.05, 4.69) is 36.6 Å². The van der Waals surface area contributed by atoms with E-state index < -0.39 is 0 Å². The van der Waals surface area contributed by atoms with Gasteiger partial charge in [-0.05, 0) is 61.7 Å². The zero-order chi connectivity index (χ0) is 19.8. The molecule has 0 aliphatic carbocycles. The van der Waals surface area contributed by atoms with Crippen molar-refractivity contribution < 1.29 is 9.59 Å². The van der Waals surface area contributed by atoms with Crippen molar-refractivity contribution in [2.45, 2.75) is 33.6 Å². The van der Waals surface area contributed by atoms with Gasteiger partial charge in [0.05, 0.1) is 6.54 Å². The maximum atomic E-state index is 12.3. The molecule has 5 heteroatoms. The first-order valence-electron chi connectivity index (χ1n) is 9.47. The molecular weight excluding hydrogens is 338 g/mol. The summed E-state index contributed by atoms with van der Waals surface area (Å²) >= 11 is 0. The largest absolute Gasteiger partial charge is 0.376 e. The second kappa shape index (κ2) is 9.76. The van der Waals surface area contributed by atoms with Crippen molar-refractivity contribution in [2.24, 2.45) is 0 Å². The van der Waals surface area contributed by atoms with Crippen LogP contribution in [0, 0.1) is 0 Å². The van der Waals surface area contributed by atoms with Crippen LogP contribution in [-0.4, -0.2) is 36.3 Å². The number of benzene rings is 2. The number of nitrogens with one attached hydrogen (secondary N) is 2. The van der Waals surface area contributed by atoms with Gasteiger partial charge in [0.25, 0.3) is 5.91 Å².